The number of hydrogen-bond acceptors (Lipinski definition) is 10. The molecule has 3 aliphatic rings. The quantitative estimate of drug-likeness (QED) is 0.145. The highest BCUT2D eigenvalue weighted by atomic mass is 31.2. The first-order valence-electron chi connectivity index (χ1n) is 15.1. The molecule has 2 unspecified atom stereocenters. The number of piperidine rings is 1. The second kappa shape index (κ2) is 12.7. The van der Waals surface area contributed by atoms with Crippen molar-refractivity contribution in [3.05, 3.63) is 63.9 Å². The van der Waals surface area contributed by atoms with Crippen LogP contribution in [0, 0.1) is 11.6 Å². The Bertz CT molecular complexity index is 1870. The number of carboxylic acids is 1. The fraction of sp³-hybridized carbons (Fsp3) is 0.433. The number of aromatic carboxylic acids is 1. The molecule has 1 amide bonds. The fourth-order valence-corrected chi connectivity index (χ4v) is 6.83. The first-order valence-corrected chi connectivity index (χ1v) is 16.6. The molecule has 5 N–H and O–H groups in total. The third kappa shape index (κ3) is 7.02. The number of carbonyl (C=O) groups excluding carboxylic acids is 1. The summed E-state index contributed by atoms with van der Waals surface area (Å²) >= 11 is 0. The van der Waals surface area contributed by atoms with Crippen LogP contribution >= 0.6 is 7.82 Å². The second-order valence-electron chi connectivity index (χ2n) is 12.1. The number of carbonyl (C=O) groups is 2. The minimum atomic E-state index is -5.08. The molecule has 0 radical (unpaired) electrons. The number of cyclic esters (lactones) is 1. The van der Waals surface area contributed by atoms with Crippen LogP contribution in [0.1, 0.15) is 49.0 Å². The molecule has 1 aromatic heterocycles. The second-order valence-corrected chi connectivity index (χ2v) is 13.3. The summed E-state index contributed by atoms with van der Waals surface area (Å²) in [6.45, 7) is 1.04. The number of amides is 1. The maximum atomic E-state index is 15.5. The van der Waals surface area contributed by atoms with E-state index in [1.54, 1.807) is 9.47 Å². The zero-order valence-electron chi connectivity index (χ0n) is 25.5. The third-order valence-electron chi connectivity index (χ3n) is 8.56. The molecule has 3 heterocycles. The zero-order valence-corrected chi connectivity index (χ0v) is 26.4. The number of ether oxygens (including phenoxy) is 2. The molecule has 6 rings (SSSR count). The molecule has 3 aromatic rings. The van der Waals surface area contributed by atoms with Crippen LogP contribution in [0.5, 0.6) is 5.75 Å². The molecule has 2 aliphatic heterocycles. The summed E-state index contributed by atoms with van der Waals surface area (Å²) in [6.07, 6.45) is 0.148. The van der Waals surface area contributed by atoms with Gasteiger partial charge in [0.25, 0.3) is 0 Å². The van der Waals surface area contributed by atoms with Crippen molar-refractivity contribution in [3.8, 4) is 5.75 Å². The zero-order chi connectivity index (χ0) is 34.5. The van der Waals surface area contributed by atoms with Crippen LogP contribution in [-0.2, 0) is 13.8 Å². The van der Waals surface area contributed by atoms with E-state index in [0.717, 1.165) is 29.9 Å². The van der Waals surface area contributed by atoms with Crippen molar-refractivity contribution in [2.75, 3.05) is 36.0 Å². The lowest BCUT2D eigenvalue weighted by Gasteiger charge is -2.42. The topological polar surface area (TPSA) is 200 Å². The van der Waals surface area contributed by atoms with Crippen molar-refractivity contribution in [1.82, 2.24) is 9.88 Å². The van der Waals surface area contributed by atoms with E-state index >= 15 is 8.78 Å². The molecule has 0 spiro atoms. The number of phosphoric acid groups is 1. The molecule has 48 heavy (non-hydrogen) atoms. The Labute approximate surface area is 271 Å². The molecule has 258 valence electrons. The van der Waals surface area contributed by atoms with Crippen molar-refractivity contribution >= 4 is 42.2 Å². The summed E-state index contributed by atoms with van der Waals surface area (Å²) in [6, 6.07) is 6.12. The predicted octanol–water partition coefficient (Wildman–Crippen LogP) is 3.05. The van der Waals surface area contributed by atoms with Gasteiger partial charge in [-0.3, -0.25) is 19.5 Å². The van der Waals surface area contributed by atoms with Gasteiger partial charge in [0.15, 0.2) is 17.8 Å². The van der Waals surface area contributed by atoms with E-state index in [9.17, 15) is 38.9 Å². The molecule has 15 nitrogen and oxygen atoms in total. The van der Waals surface area contributed by atoms with Crippen LogP contribution in [0.4, 0.5) is 25.0 Å². The number of anilines is 2. The molecule has 1 aliphatic carbocycles. The van der Waals surface area contributed by atoms with Gasteiger partial charge in [-0.05, 0) is 56.9 Å². The number of halogens is 2. The van der Waals surface area contributed by atoms with E-state index < -0.39 is 67.2 Å². The monoisotopic (exact) mass is 694 g/mol. The van der Waals surface area contributed by atoms with Crippen molar-refractivity contribution in [2.45, 2.75) is 56.7 Å². The molecule has 18 heteroatoms. The SMILES string of the molecule is CC(O)NC1CN(c2ccc(OCC3(OP(=O)(O)O)CCN(c4cc5c(cc4F)c(=O)c(C(=O)O)cn5C4CC4)CC3)c(F)c2)C(=O)O1. The van der Waals surface area contributed by atoms with Gasteiger partial charge >= 0.3 is 19.9 Å². The van der Waals surface area contributed by atoms with Gasteiger partial charge in [-0.1, -0.05) is 0 Å². The van der Waals surface area contributed by atoms with Crippen molar-refractivity contribution < 1.29 is 56.9 Å². The van der Waals surface area contributed by atoms with E-state index in [-0.39, 0.29) is 61.0 Å². The first kappa shape index (κ1) is 33.8. The Morgan fingerprint density at radius 1 is 1.15 bits per heavy atom. The summed E-state index contributed by atoms with van der Waals surface area (Å²) in [4.78, 5) is 59.0. The maximum absolute atomic E-state index is 15.5. The average Bonchev–Trinajstić information content (AvgIpc) is 3.78. The number of aliphatic hydroxyl groups is 1. The fourth-order valence-electron chi connectivity index (χ4n) is 6.09. The van der Waals surface area contributed by atoms with E-state index in [4.69, 9.17) is 14.0 Å². The van der Waals surface area contributed by atoms with Crippen molar-refractivity contribution in [2.24, 2.45) is 0 Å². The van der Waals surface area contributed by atoms with Crippen LogP contribution in [0.2, 0.25) is 0 Å². The number of aliphatic hydroxyl groups excluding tert-OH is 1. The lowest BCUT2D eigenvalue weighted by molar-refractivity contribution is -0.0232. The van der Waals surface area contributed by atoms with Gasteiger partial charge in [-0.15, -0.1) is 0 Å². The summed E-state index contributed by atoms with van der Waals surface area (Å²) in [5.74, 6) is -3.34. The molecule has 2 atom stereocenters. The van der Waals surface area contributed by atoms with Gasteiger partial charge in [-0.25, -0.2) is 22.9 Å². The standard InChI is InChI=1S/C30H33F2N4O11P/c1-16(37)33-26-14-36(29(41)46-26)18-4-5-25(22(32)10-18)45-15-30(47-48(42,43)44)6-8-34(9-7-30)24-12-23-19(11-21(24)31)27(38)20(28(39)40)13-35(23)17-2-3-17/h4-5,10-13,16-17,26,33,37H,2-3,6-9,14-15H2,1H3,(H,39,40)(H2,42,43,44). The van der Waals surface area contributed by atoms with Crippen LogP contribution in [0.25, 0.3) is 10.9 Å². The molecule has 2 saturated heterocycles. The maximum Gasteiger partial charge on any atom is 0.470 e. The first-order chi connectivity index (χ1) is 22.6. The largest absolute Gasteiger partial charge is 0.487 e. The van der Waals surface area contributed by atoms with Gasteiger partial charge in [-0.2, -0.15) is 0 Å². The van der Waals surface area contributed by atoms with Crippen molar-refractivity contribution in [3.63, 3.8) is 0 Å². The number of hydrogen-bond donors (Lipinski definition) is 5. The van der Waals surface area contributed by atoms with Gasteiger partial charge in [0, 0.05) is 36.8 Å². The van der Waals surface area contributed by atoms with E-state index in [1.165, 1.54) is 31.3 Å². The minimum absolute atomic E-state index is 0.00107. The van der Waals surface area contributed by atoms with Crippen LogP contribution in [0.15, 0.2) is 41.3 Å². The Hall–Kier alpha value is -4.12. The number of benzene rings is 2. The predicted molar refractivity (Wildman–Crippen MR) is 165 cm³/mol. The smallest absolute Gasteiger partial charge is 0.470 e. The number of rotatable bonds is 11. The number of fused-ring (bicyclic) bond motifs is 1. The molecular formula is C30H33F2N4O11P. The molecule has 0 bridgehead atoms. The molecular weight excluding hydrogens is 661 g/mol. The minimum Gasteiger partial charge on any atom is -0.487 e. The van der Waals surface area contributed by atoms with Crippen LogP contribution in [-0.4, -0.2) is 80.9 Å². The van der Waals surface area contributed by atoms with E-state index in [2.05, 4.69) is 5.32 Å². The average molecular weight is 695 g/mol. The van der Waals surface area contributed by atoms with Crippen LogP contribution < -0.4 is 25.3 Å². The van der Waals surface area contributed by atoms with E-state index in [0.29, 0.717) is 5.52 Å². The number of nitrogens with zero attached hydrogens (tertiary/aromatic N) is 3. The number of carboxylic acid groups (broad SMARTS) is 1. The van der Waals surface area contributed by atoms with Crippen molar-refractivity contribution in [1.29, 1.82) is 0 Å². The molecule has 1 saturated carbocycles. The highest BCUT2D eigenvalue weighted by molar-refractivity contribution is 7.46. The molecule has 2 aromatic carbocycles. The summed E-state index contributed by atoms with van der Waals surface area (Å²) in [7, 11) is -5.08. The van der Waals surface area contributed by atoms with E-state index in [1.807, 2.05) is 0 Å². The number of pyridine rings is 1. The molecule has 3 fully saturated rings. The van der Waals surface area contributed by atoms with Gasteiger partial charge in [0.1, 0.15) is 29.8 Å². The highest BCUT2D eigenvalue weighted by Crippen LogP contribution is 2.46. The van der Waals surface area contributed by atoms with Gasteiger partial charge in [0.05, 0.1) is 23.4 Å². The number of nitrogens with one attached hydrogen (secondary N) is 1. The normalized spacial score (nSPS) is 20.2. The summed E-state index contributed by atoms with van der Waals surface area (Å²) in [5.41, 5.74) is -2.23. The van der Waals surface area contributed by atoms with Crippen LogP contribution in [0.3, 0.4) is 0 Å². The Balaban J connectivity index is 1.19. The van der Waals surface area contributed by atoms with Gasteiger partial charge < -0.3 is 38.9 Å². The lowest BCUT2D eigenvalue weighted by Crippen LogP contribution is -2.49. The lowest BCUT2D eigenvalue weighted by atomic mass is 9.92. The third-order valence-corrected chi connectivity index (χ3v) is 9.18. The Morgan fingerprint density at radius 3 is 2.46 bits per heavy atom. The Morgan fingerprint density at radius 2 is 1.85 bits per heavy atom. The summed E-state index contributed by atoms with van der Waals surface area (Å²) in [5, 5.41) is 21.5. The van der Waals surface area contributed by atoms with Gasteiger partial charge in [0.2, 0.25) is 5.43 Å². The number of aromatic nitrogens is 1. The highest BCUT2D eigenvalue weighted by Gasteiger charge is 2.43. The summed E-state index contributed by atoms with van der Waals surface area (Å²) < 4.78 is 60.2. The number of phosphoric ester groups is 1. The Kier molecular flexibility index (Phi) is 8.95.